The number of nitrogens with zero attached hydrogens (tertiary/aromatic N) is 1. The van der Waals surface area contributed by atoms with E-state index in [4.69, 9.17) is 0 Å². The van der Waals surface area contributed by atoms with Gasteiger partial charge in [-0.25, -0.2) is 0 Å². The molecule has 4 nitrogen and oxygen atoms in total. The summed E-state index contributed by atoms with van der Waals surface area (Å²) in [5, 5.41) is 3.13. The van der Waals surface area contributed by atoms with Gasteiger partial charge >= 0.3 is 0 Å². The molecule has 1 N–H and O–H groups in total. The van der Waals surface area contributed by atoms with Crippen molar-refractivity contribution in [1.82, 2.24) is 10.2 Å². The molecule has 3 aromatic carbocycles. The monoisotopic (exact) mass is 488 g/mol. The van der Waals surface area contributed by atoms with Crippen molar-refractivity contribution in [2.45, 2.75) is 64.1 Å². The highest BCUT2D eigenvalue weighted by Gasteiger charge is 2.31. The van der Waals surface area contributed by atoms with Gasteiger partial charge in [0.2, 0.25) is 11.8 Å². The van der Waals surface area contributed by atoms with Gasteiger partial charge in [0, 0.05) is 23.9 Å². The van der Waals surface area contributed by atoms with Crippen molar-refractivity contribution in [3.63, 3.8) is 0 Å². The van der Waals surface area contributed by atoms with Gasteiger partial charge in [-0.1, -0.05) is 79.2 Å². The number of thioether (sulfide) groups is 1. The molecule has 0 unspecified atom stereocenters. The van der Waals surface area contributed by atoms with Gasteiger partial charge in [-0.2, -0.15) is 0 Å². The highest BCUT2D eigenvalue weighted by molar-refractivity contribution is 8.00. The van der Waals surface area contributed by atoms with Crippen LogP contribution in [-0.4, -0.2) is 34.6 Å². The van der Waals surface area contributed by atoms with Crippen molar-refractivity contribution in [2.24, 2.45) is 0 Å². The van der Waals surface area contributed by atoms with Crippen molar-refractivity contribution in [2.75, 3.05) is 5.75 Å². The van der Waals surface area contributed by atoms with E-state index in [0.29, 0.717) is 13.0 Å². The Labute approximate surface area is 214 Å². The molecule has 0 aliphatic carbocycles. The largest absolute Gasteiger partial charge is 0.352 e. The average molecular weight is 489 g/mol. The summed E-state index contributed by atoms with van der Waals surface area (Å²) in [7, 11) is 0. The zero-order chi connectivity index (χ0) is 25.2. The number of hydrogen-bond acceptors (Lipinski definition) is 3. The second kappa shape index (κ2) is 13.1. The van der Waals surface area contributed by atoms with E-state index in [2.05, 4.69) is 17.4 Å². The minimum atomic E-state index is -0.600. The van der Waals surface area contributed by atoms with Crippen LogP contribution in [0.25, 0.3) is 0 Å². The van der Waals surface area contributed by atoms with Crippen molar-refractivity contribution in [3.8, 4) is 0 Å². The molecule has 184 valence electrons. The van der Waals surface area contributed by atoms with Crippen molar-refractivity contribution < 1.29 is 9.59 Å². The summed E-state index contributed by atoms with van der Waals surface area (Å²) in [6.45, 7) is 8.54. The van der Waals surface area contributed by atoms with Gasteiger partial charge < -0.3 is 10.2 Å². The molecule has 5 heteroatoms. The lowest BCUT2D eigenvalue weighted by Gasteiger charge is -2.32. The van der Waals surface area contributed by atoms with E-state index in [0.717, 1.165) is 28.0 Å². The lowest BCUT2D eigenvalue weighted by Crippen LogP contribution is -2.52. The zero-order valence-corrected chi connectivity index (χ0v) is 22.0. The quantitative estimate of drug-likeness (QED) is 0.339. The zero-order valence-electron chi connectivity index (χ0n) is 21.2. The van der Waals surface area contributed by atoms with Crippen LogP contribution in [0.3, 0.4) is 0 Å². The highest BCUT2D eigenvalue weighted by Crippen LogP contribution is 2.22. The van der Waals surface area contributed by atoms with E-state index in [1.165, 1.54) is 17.3 Å². The molecule has 35 heavy (non-hydrogen) atoms. The minimum Gasteiger partial charge on any atom is -0.352 e. The van der Waals surface area contributed by atoms with Gasteiger partial charge in [0.1, 0.15) is 6.04 Å². The molecule has 0 spiro atoms. The van der Waals surface area contributed by atoms with E-state index in [1.54, 1.807) is 4.90 Å². The van der Waals surface area contributed by atoms with E-state index >= 15 is 0 Å². The molecule has 0 saturated carbocycles. The van der Waals surface area contributed by atoms with Gasteiger partial charge in [-0.15, -0.1) is 11.8 Å². The molecule has 2 amide bonds. The van der Waals surface area contributed by atoms with Crippen LogP contribution in [0.15, 0.2) is 83.8 Å². The number of rotatable bonds is 11. The molecule has 0 heterocycles. The number of benzene rings is 3. The molecule has 0 aliphatic heterocycles. The van der Waals surface area contributed by atoms with Crippen LogP contribution in [0.5, 0.6) is 0 Å². The van der Waals surface area contributed by atoms with Gasteiger partial charge in [0.25, 0.3) is 0 Å². The molecule has 0 saturated heterocycles. The Kier molecular flexibility index (Phi) is 9.98. The SMILES string of the molecule is CC[C@@H](C)NC(=O)[C@H](Cc1ccccc1)N(Cc1ccccc1C)C(=O)CSc1ccc(C)cc1. The summed E-state index contributed by atoms with van der Waals surface area (Å²) >= 11 is 1.51. The number of nitrogens with one attached hydrogen (secondary N) is 1. The summed E-state index contributed by atoms with van der Waals surface area (Å²) in [4.78, 5) is 30.1. The molecule has 0 radical (unpaired) electrons. The van der Waals surface area contributed by atoms with Crippen LogP contribution < -0.4 is 5.32 Å². The Morgan fingerprint density at radius 2 is 1.57 bits per heavy atom. The Hall–Kier alpha value is -3.05. The van der Waals surface area contributed by atoms with E-state index < -0.39 is 6.04 Å². The molecule has 3 aromatic rings. The minimum absolute atomic E-state index is 0.0399. The fourth-order valence-corrected chi connectivity index (χ4v) is 4.61. The van der Waals surface area contributed by atoms with Gasteiger partial charge in [0.05, 0.1) is 5.75 Å². The predicted octanol–water partition coefficient (Wildman–Crippen LogP) is 5.95. The number of aryl methyl sites for hydroxylation is 2. The number of hydrogen-bond donors (Lipinski definition) is 1. The molecule has 0 aliphatic rings. The van der Waals surface area contributed by atoms with Crippen LogP contribution in [-0.2, 0) is 22.6 Å². The Balaban J connectivity index is 1.91. The second-order valence-corrected chi connectivity index (χ2v) is 10.1. The van der Waals surface area contributed by atoms with Gasteiger partial charge in [-0.05, 0) is 56.0 Å². The van der Waals surface area contributed by atoms with Crippen LogP contribution >= 0.6 is 11.8 Å². The maximum atomic E-state index is 13.7. The Morgan fingerprint density at radius 3 is 2.23 bits per heavy atom. The lowest BCUT2D eigenvalue weighted by atomic mass is 10.0. The van der Waals surface area contributed by atoms with Crippen LogP contribution in [0.1, 0.15) is 42.5 Å². The molecule has 0 bridgehead atoms. The van der Waals surface area contributed by atoms with E-state index in [9.17, 15) is 9.59 Å². The summed E-state index contributed by atoms with van der Waals surface area (Å²) in [5.74, 6) is 0.126. The molecule has 0 fully saturated rings. The van der Waals surface area contributed by atoms with Gasteiger partial charge in [0.15, 0.2) is 0 Å². The lowest BCUT2D eigenvalue weighted by molar-refractivity contribution is -0.139. The fourth-order valence-electron chi connectivity index (χ4n) is 3.83. The molecular formula is C30H36N2O2S. The first kappa shape index (κ1) is 26.6. The third-order valence-electron chi connectivity index (χ3n) is 6.26. The summed E-state index contributed by atoms with van der Waals surface area (Å²) in [6, 6.07) is 25.6. The number of amides is 2. The smallest absolute Gasteiger partial charge is 0.243 e. The summed E-state index contributed by atoms with van der Waals surface area (Å²) in [5.41, 5.74) is 4.38. The van der Waals surface area contributed by atoms with E-state index in [1.807, 2.05) is 94.4 Å². The first-order chi connectivity index (χ1) is 16.9. The standard InChI is InChI=1S/C30H36N2O2S/c1-5-24(4)31-30(34)28(19-25-12-7-6-8-13-25)32(20-26-14-10-9-11-23(26)3)29(33)21-35-27-17-15-22(2)16-18-27/h6-18,24,28H,5,19-21H2,1-4H3,(H,31,34)/t24-,28+/m1/s1. The summed E-state index contributed by atoms with van der Waals surface area (Å²) < 4.78 is 0. The first-order valence-corrected chi connectivity index (χ1v) is 13.2. The molecule has 2 atom stereocenters. The fraction of sp³-hybridized carbons (Fsp3) is 0.333. The molecule has 0 aromatic heterocycles. The third-order valence-corrected chi connectivity index (χ3v) is 7.25. The van der Waals surface area contributed by atoms with Crippen molar-refractivity contribution in [1.29, 1.82) is 0 Å². The normalized spacial score (nSPS) is 12.6. The van der Waals surface area contributed by atoms with Crippen molar-refractivity contribution >= 4 is 23.6 Å². The van der Waals surface area contributed by atoms with Crippen LogP contribution in [0.4, 0.5) is 0 Å². The van der Waals surface area contributed by atoms with Crippen molar-refractivity contribution in [3.05, 3.63) is 101 Å². The number of carbonyl (C=O) groups excluding carboxylic acids is 2. The Bertz CT molecular complexity index is 1100. The topological polar surface area (TPSA) is 49.4 Å². The maximum absolute atomic E-state index is 13.7. The third kappa shape index (κ3) is 8.00. The summed E-state index contributed by atoms with van der Waals surface area (Å²) in [6.07, 6.45) is 1.30. The predicted molar refractivity (Wildman–Crippen MR) is 145 cm³/mol. The molecular weight excluding hydrogens is 452 g/mol. The maximum Gasteiger partial charge on any atom is 0.243 e. The number of carbonyl (C=O) groups is 2. The van der Waals surface area contributed by atoms with Crippen LogP contribution in [0.2, 0.25) is 0 Å². The molecule has 3 rings (SSSR count). The van der Waals surface area contributed by atoms with Crippen LogP contribution in [0, 0.1) is 13.8 Å². The first-order valence-electron chi connectivity index (χ1n) is 12.2. The average Bonchev–Trinajstić information content (AvgIpc) is 2.87. The Morgan fingerprint density at radius 1 is 0.914 bits per heavy atom. The highest BCUT2D eigenvalue weighted by atomic mass is 32.2. The van der Waals surface area contributed by atoms with Gasteiger partial charge in [-0.3, -0.25) is 9.59 Å². The van der Waals surface area contributed by atoms with E-state index in [-0.39, 0.29) is 23.6 Å². The second-order valence-electron chi connectivity index (χ2n) is 9.07.